The van der Waals surface area contributed by atoms with Crippen molar-refractivity contribution in [3.63, 3.8) is 0 Å². The minimum atomic E-state index is -0.208. The van der Waals surface area contributed by atoms with Crippen LogP contribution in [-0.2, 0) is 17.6 Å². The van der Waals surface area contributed by atoms with Gasteiger partial charge in [-0.3, -0.25) is 4.79 Å². The number of aromatic hydroxyl groups is 2. The van der Waals surface area contributed by atoms with Crippen molar-refractivity contribution in [3.8, 4) is 11.5 Å². The summed E-state index contributed by atoms with van der Waals surface area (Å²) in [7, 11) is 0. The van der Waals surface area contributed by atoms with Gasteiger partial charge in [0.15, 0.2) is 11.5 Å². The van der Waals surface area contributed by atoms with Gasteiger partial charge in [-0.1, -0.05) is 19.1 Å². The van der Waals surface area contributed by atoms with E-state index in [1.165, 1.54) is 6.07 Å². The zero-order chi connectivity index (χ0) is 17.2. The number of hydrogen-bond donors (Lipinski definition) is 4. The first-order chi connectivity index (χ1) is 11.0. The van der Waals surface area contributed by atoms with Gasteiger partial charge in [-0.05, 0) is 24.5 Å². The van der Waals surface area contributed by atoms with Gasteiger partial charge in [0.25, 0.3) is 0 Å². The van der Waals surface area contributed by atoms with E-state index in [-0.39, 0.29) is 17.3 Å². The summed E-state index contributed by atoms with van der Waals surface area (Å²) in [5, 5.41) is 32.1. The zero-order valence-electron chi connectivity index (χ0n) is 13.5. The Morgan fingerprint density at radius 1 is 1.30 bits per heavy atom. The van der Waals surface area contributed by atoms with Crippen LogP contribution in [0.2, 0.25) is 0 Å². The van der Waals surface area contributed by atoms with E-state index >= 15 is 0 Å². The minimum absolute atomic E-state index is 0.129. The van der Waals surface area contributed by atoms with Crippen LogP contribution in [-0.4, -0.2) is 27.6 Å². The molecule has 126 valence electrons. The van der Waals surface area contributed by atoms with Gasteiger partial charge in [0.05, 0.1) is 12.0 Å². The average Bonchev–Trinajstić information content (AvgIpc) is 2.54. The van der Waals surface area contributed by atoms with E-state index in [2.05, 4.69) is 11.9 Å². The van der Waals surface area contributed by atoms with E-state index in [9.17, 15) is 20.1 Å². The first-order valence-electron chi connectivity index (χ1n) is 7.75. The summed E-state index contributed by atoms with van der Waals surface area (Å²) in [5.74, 6) is -0.281. The molecule has 0 saturated heterocycles. The first-order valence-corrected chi connectivity index (χ1v) is 7.75. The van der Waals surface area contributed by atoms with Crippen LogP contribution in [0.25, 0.3) is 0 Å². The zero-order valence-corrected chi connectivity index (χ0v) is 13.5. The van der Waals surface area contributed by atoms with Crippen LogP contribution in [0.5, 0.6) is 11.5 Å². The maximum absolute atomic E-state index is 11.7. The highest BCUT2D eigenvalue weighted by molar-refractivity contribution is 5.78. The number of phenols is 2. The molecule has 4 N–H and O–H groups in total. The molecule has 5 heteroatoms. The van der Waals surface area contributed by atoms with Gasteiger partial charge >= 0.3 is 0 Å². The van der Waals surface area contributed by atoms with Crippen LogP contribution in [0, 0.1) is 0 Å². The number of phenolic OH excluding ortho intramolecular Hbond substituents is 2. The van der Waals surface area contributed by atoms with Crippen molar-refractivity contribution in [1.29, 1.82) is 0 Å². The number of aliphatic hydroxyl groups excluding tert-OH is 1. The number of rotatable bonds is 10. The Kier molecular flexibility index (Phi) is 7.74. The van der Waals surface area contributed by atoms with Gasteiger partial charge in [-0.2, -0.15) is 0 Å². The summed E-state index contributed by atoms with van der Waals surface area (Å²) >= 11 is 0. The van der Waals surface area contributed by atoms with Crippen LogP contribution in [0.15, 0.2) is 36.7 Å². The highest BCUT2D eigenvalue weighted by Gasteiger charge is 2.15. The summed E-state index contributed by atoms with van der Waals surface area (Å²) < 4.78 is 0. The lowest BCUT2D eigenvalue weighted by molar-refractivity contribution is -0.119. The number of carbonyl (C=O) groups excluding carboxylic acids is 1. The predicted octanol–water partition coefficient (Wildman–Crippen LogP) is 3.12. The molecule has 23 heavy (non-hydrogen) atoms. The fourth-order valence-corrected chi connectivity index (χ4v) is 2.34. The number of allylic oxidation sites excluding steroid dienone is 1. The highest BCUT2D eigenvalue weighted by atomic mass is 16.3. The molecule has 0 aromatic heterocycles. The Labute approximate surface area is 137 Å². The molecule has 1 rings (SSSR count). The van der Waals surface area contributed by atoms with Crippen LogP contribution < -0.4 is 5.32 Å². The SMILES string of the molecule is C=CCN/C(=C/O)Cc1ccc(O)c(O)c1CCC(=O)CCC. The Bertz CT molecular complexity index is 579. The Morgan fingerprint density at radius 3 is 2.65 bits per heavy atom. The van der Waals surface area contributed by atoms with Gasteiger partial charge in [-0.25, -0.2) is 0 Å². The molecular formula is C18H25NO4. The summed E-state index contributed by atoms with van der Waals surface area (Å²) in [5.41, 5.74) is 1.85. The molecule has 0 aliphatic heterocycles. The Morgan fingerprint density at radius 2 is 2.04 bits per heavy atom. The van der Waals surface area contributed by atoms with Crippen molar-refractivity contribution in [2.24, 2.45) is 0 Å². The summed E-state index contributed by atoms with van der Waals surface area (Å²) in [6, 6.07) is 3.10. The van der Waals surface area contributed by atoms with Crippen molar-refractivity contribution in [2.45, 2.75) is 39.0 Å². The minimum Gasteiger partial charge on any atom is -0.514 e. The maximum atomic E-state index is 11.7. The predicted molar refractivity (Wildman–Crippen MR) is 90.6 cm³/mol. The molecule has 0 heterocycles. The number of nitrogens with one attached hydrogen (secondary N) is 1. The molecule has 1 aromatic rings. The molecule has 0 saturated carbocycles. The molecule has 0 fully saturated rings. The van der Waals surface area contributed by atoms with E-state index < -0.39 is 0 Å². The lowest BCUT2D eigenvalue weighted by atomic mass is 9.96. The summed E-state index contributed by atoms with van der Waals surface area (Å²) in [4.78, 5) is 11.7. The van der Waals surface area contributed by atoms with Crippen molar-refractivity contribution >= 4 is 5.78 Å². The molecule has 0 amide bonds. The van der Waals surface area contributed by atoms with E-state index in [4.69, 9.17) is 0 Å². The maximum Gasteiger partial charge on any atom is 0.160 e. The van der Waals surface area contributed by atoms with Gasteiger partial charge in [0.1, 0.15) is 5.78 Å². The Hall–Kier alpha value is -2.43. The highest BCUT2D eigenvalue weighted by Crippen LogP contribution is 2.33. The molecule has 0 radical (unpaired) electrons. The number of hydrogen-bond acceptors (Lipinski definition) is 5. The van der Waals surface area contributed by atoms with Gasteiger partial charge in [0, 0.05) is 31.4 Å². The smallest absolute Gasteiger partial charge is 0.160 e. The monoisotopic (exact) mass is 319 g/mol. The van der Waals surface area contributed by atoms with Crippen LogP contribution in [0.4, 0.5) is 0 Å². The molecule has 0 bridgehead atoms. The number of carbonyl (C=O) groups is 1. The first kappa shape index (κ1) is 18.6. The van der Waals surface area contributed by atoms with Gasteiger partial charge < -0.3 is 20.6 Å². The fourth-order valence-electron chi connectivity index (χ4n) is 2.34. The second kappa shape index (κ2) is 9.56. The topological polar surface area (TPSA) is 89.8 Å². The second-order valence-electron chi connectivity index (χ2n) is 5.36. The van der Waals surface area contributed by atoms with Crippen LogP contribution >= 0.6 is 0 Å². The number of benzene rings is 1. The normalized spacial score (nSPS) is 11.3. The number of Topliss-reactive ketones (excluding diaryl/α,β-unsaturated/α-hetero) is 1. The summed E-state index contributed by atoms with van der Waals surface area (Å²) in [6.45, 7) is 6.05. The molecule has 0 atom stereocenters. The molecule has 0 aliphatic rings. The molecule has 5 nitrogen and oxygen atoms in total. The van der Waals surface area contributed by atoms with Crippen molar-refractivity contribution in [1.82, 2.24) is 5.32 Å². The van der Waals surface area contributed by atoms with Gasteiger partial charge in [0.2, 0.25) is 0 Å². The standard InChI is InChI=1S/C18H25NO4/c1-3-5-15(21)7-8-16-13(6-9-17(22)18(16)23)11-14(12-20)19-10-4-2/h4,6,9,12,19-20,22-23H,2-3,5,7-8,10-11H2,1H3/b14-12+. The molecule has 1 aromatic carbocycles. The van der Waals surface area contributed by atoms with E-state index in [1.54, 1.807) is 12.1 Å². The summed E-state index contributed by atoms with van der Waals surface area (Å²) in [6.07, 6.45) is 4.97. The van der Waals surface area contributed by atoms with Crippen molar-refractivity contribution < 1.29 is 20.1 Å². The van der Waals surface area contributed by atoms with E-state index in [0.29, 0.717) is 43.5 Å². The number of ketones is 1. The molecular weight excluding hydrogens is 294 g/mol. The average molecular weight is 319 g/mol. The number of aliphatic hydroxyl groups is 1. The Balaban J connectivity index is 2.95. The third-order valence-corrected chi connectivity index (χ3v) is 3.55. The van der Waals surface area contributed by atoms with Crippen molar-refractivity contribution in [3.05, 3.63) is 47.9 Å². The third-order valence-electron chi connectivity index (χ3n) is 3.55. The molecule has 0 unspecified atom stereocenters. The quantitative estimate of drug-likeness (QED) is 0.302. The van der Waals surface area contributed by atoms with Crippen LogP contribution in [0.3, 0.4) is 0 Å². The second-order valence-corrected chi connectivity index (χ2v) is 5.36. The van der Waals surface area contributed by atoms with E-state index in [0.717, 1.165) is 18.2 Å². The lowest BCUT2D eigenvalue weighted by Crippen LogP contribution is -2.16. The van der Waals surface area contributed by atoms with Gasteiger partial charge in [-0.15, -0.1) is 6.58 Å². The largest absolute Gasteiger partial charge is 0.514 e. The molecule has 0 spiro atoms. The van der Waals surface area contributed by atoms with E-state index in [1.807, 2.05) is 6.92 Å². The lowest BCUT2D eigenvalue weighted by Gasteiger charge is -2.14. The molecule has 0 aliphatic carbocycles. The third kappa shape index (κ3) is 5.70. The fraction of sp³-hybridized carbons (Fsp3) is 0.389. The van der Waals surface area contributed by atoms with Crippen molar-refractivity contribution in [2.75, 3.05) is 6.54 Å². The van der Waals surface area contributed by atoms with Crippen LogP contribution in [0.1, 0.15) is 37.3 Å².